The SMILES string of the molecule is Cc1ccc(NC(=O)CNC(=O)C2CC3CCCCC3N2)c(Cl)c1. The average Bonchev–Trinajstić information content (AvgIpc) is 2.99. The molecular weight excluding hydrogens is 326 g/mol. The number of carbonyl (C=O) groups excluding carboxylic acids is 2. The van der Waals surface area contributed by atoms with Crippen molar-refractivity contribution in [2.75, 3.05) is 11.9 Å². The van der Waals surface area contributed by atoms with E-state index in [0.29, 0.717) is 22.7 Å². The second-order valence-electron chi connectivity index (χ2n) is 6.86. The maximum absolute atomic E-state index is 12.3. The van der Waals surface area contributed by atoms with Crippen LogP contribution in [0, 0.1) is 12.8 Å². The summed E-state index contributed by atoms with van der Waals surface area (Å²) in [6.45, 7) is 1.89. The van der Waals surface area contributed by atoms with Crippen LogP contribution in [0.5, 0.6) is 0 Å². The summed E-state index contributed by atoms with van der Waals surface area (Å²) in [6, 6.07) is 5.73. The van der Waals surface area contributed by atoms with Gasteiger partial charge >= 0.3 is 0 Å². The minimum atomic E-state index is -0.274. The van der Waals surface area contributed by atoms with E-state index >= 15 is 0 Å². The number of aryl methyl sites for hydroxylation is 1. The fourth-order valence-electron chi connectivity index (χ4n) is 3.73. The van der Waals surface area contributed by atoms with E-state index in [-0.39, 0.29) is 24.4 Å². The molecular formula is C18H24ClN3O2. The van der Waals surface area contributed by atoms with Gasteiger partial charge in [0.1, 0.15) is 0 Å². The summed E-state index contributed by atoms with van der Waals surface area (Å²) in [6.07, 6.45) is 5.73. The molecule has 130 valence electrons. The molecule has 1 aromatic rings. The number of anilines is 1. The number of amides is 2. The summed E-state index contributed by atoms with van der Waals surface area (Å²) in [5, 5.41) is 9.37. The molecule has 3 atom stereocenters. The summed E-state index contributed by atoms with van der Waals surface area (Å²) in [7, 11) is 0. The summed E-state index contributed by atoms with van der Waals surface area (Å²) in [4.78, 5) is 24.3. The van der Waals surface area contributed by atoms with Crippen LogP contribution in [0.15, 0.2) is 18.2 Å². The van der Waals surface area contributed by atoms with Gasteiger partial charge in [0.15, 0.2) is 0 Å². The largest absolute Gasteiger partial charge is 0.346 e. The van der Waals surface area contributed by atoms with Gasteiger partial charge in [-0.2, -0.15) is 0 Å². The molecule has 5 nitrogen and oxygen atoms in total. The van der Waals surface area contributed by atoms with Gasteiger partial charge in [-0.25, -0.2) is 0 Å². The lowest BCUT2D eigenvalue weighted by molar-refractivity contribution is -0.125. The number of hydrogen-bond donors (Lipinski definition) is 3. The Morgan fingerprint density at radius 2 is 2.08 bits per heavy atom. The molecule has 0 spiro atoms. The Morgan fingerprint density at radius 3 is 2.83 bits per heavy atom. The van der Waals surface area contributed by atoms with Gasteiger partial charge in [-0.3, -0.25) is 9.59 Å². The molecule has 3 rings (SSSR count). The van der Waals surface area contributed by atoms with Crippen molar-refractivity contribution in [3.8, 4) is 0 Å². The summed E-state index contributed by atoms with van der Waals surface area (Å²) < 4.78 is 0. The van der Waals surface area contributed by atoms with Crippen molar-refractivity contribution in [3.05, 3.63) is 28.8 Å². The van der Waals surface area contributed by atoms with Crippen LogP contribution in [-0.2, 0) is 9.59 Å². The Labute approximate surface area is 147 Å². The minimum Gasteiger partial charge on any atom is -0.346 e. The van der Waals surface area contributed by atoms with Crippen LogP contribution < -0.4 is 16.0 Å². The highest BCUT2D eigenvalue weighted by Gasteiger charge is 2.38. The maximum Gasteiger partial charge on any atom is 0.243 e. The van der Waals surface area contributed by atoms with E-state index in [1.807, 2.05) is 13.0 Å². The van der Waals surface area contributed by atoms with E-state index in [4.69, 9.17) is 11.6 Å². The highest BCUT2D eigenvalue weighted by atomic mass is 35.5. The van der Waals surface area contributed by atoms with E-state index in [1.165, 1.54) is 19.3 Å². The molecule has 0 radical (unpaired) electrons. The van der Waals surface area contributed by atoms with E-state index < -0.39 is 0 Å². The molecule has 2 amide bonds. The van der Waals surface area contributed by atoms with E-state index in [2.05, 4.69) is 16.0 Å². The highest BCUT2D eigenvalue weighted by molar-refractivity contribution is 6.33. The molecule has 0 bridgehead atoms. The zero-order chi connectivity index (χ0) is 17.1. The summed E-state index contributed by atoms with van der Waals surface area (Å²) in [5.41, 5.74) is 1.59. The molecule has 1 aromatic carbocycles. The van der Waals surface area contributed by atoms with E-state index in [1.54, 1.807) is 12.1 Å². The second kappa shape index (κ2) is 7.53. The fraction of sp³-hybridized carbons (Fsp3) is 0.556. The third-order valence-corrected chi connectivity index (χ3v) is 5.31. The van der Waals surface area contributed by atoms with Gasteiger partial charge in [0.2, 0.25) is 11.8 Å². The van der Waals surface area contributed by atoms with E-state index in [9.17, 15) is 9.59 Å². The third-order valence-electron chi connectivity index (χ3n) is 5.00. The minimum absolute atomic E-state index is 0.0451. The maximum atomic E-state index is 12.3. The molecule has 3 N–H and O–H groups in total. The Kier molecular flexibility index (Phi) is 5.41. The van der Waals surface area contributed by atoms with Crippen molar-refractivity contribution >= 4 is 29.1 Å². The Morgan fingerprint density at radius 1 is 1.29 bits per heavy atom. The Balaban J connectivity index is 1.46. The standard InChI is InChI=1S/C18H24ClN3O2/c1-11-6-7-15(13(19)8-11)22-17(23)10-20-18(24)16-9-12-4-2-3-5-14(12)21-16/h6-8,12,14,16,21H,2-5,9-10H2,1H3,(H,20,24)(H,22,23). The number of benzene rings is 1. The molecule has 1 saturated carbocycles. The van der Waals surface area contributed by atoms with Gasteiger partial charge in [-0.15, -0.1) is 0 Å². The zero-order valence-corrected chi connectivity index (χ0v) is 14.7. The molecule has 1 aliphatic carbocycles. The lowest BCUT2D eigenvalue weighted by atomic mass is 9.85. The lowest BCUT2D eigenvalue weighted by Crippen LogP contribution is -2.45. The first-order valence-corrected chi connectivity index (χ1v) is 9.00. The van der Waals surface area contributed by atoms with Crippen LogP contribution in [0.25, 0.3) is 0 Å². The quantitative estimate of drug-likeness (QED) is 0.782. The first-order chi connectivity index (χ1) is 11.5. The monoisotopic (exact) mass is 349 g/mol. The molecule has 1 aliphatic heterocycles. The normalized spacial score (nSPS) is 25.8. The molecule has 0 aromatic heterocycles. The van der Waals surface area contributed by atoms with Gasteiger partial charge < -0.3 is 16.0 Å². The number of carbonyl (C=O) groups is 2. The lowest BCUT2D eigenvalue weighted by Gasteiger charge is -2.24. The summed E-state index contributed by atoms with van der Waals surface area (Å²) >= 11 is 6.10. The van der Waals surface area contributed by atoms with Crippen molar-refractivity contribution in [1.29, 1.82) is 0 Å². The molecule has 2 aliphatic rings. The first kappa shape index (κ1) is 17.2. The molecule has 24 heavy (non-hydrogen) atoms. The number of fused-ring (bicyclic) bond motifs is 1. The Bertz CT molecular complexity index is 621. The van der Waals surface area contributed by atoms with Crippen molar-refractivity contribution < 1.29 is 9.59 Å². The molecule has 6 heteroatoms. The topological polar surface area (TPSA) is 70.2 Å². The van der Waals surface area contributed by atoms with Crippen LogP contribution in [-0.4, -0.2) is 30.4 Å². The third kappa shape index (κ3) is 4.08. The van der Waals surface area contributed by atoms with Crippen LogP contribution >= 0.6 is 11.6 Å². The van der Waals surface area contributed by atoms with Crippen LogP contribution in [0.3, 0.4) is 0 Å². The molecule has 1 saturated heterocycles. The predicted molar refractivity (Wildman–Crippen MR) is 95.1 cm³/mol. The fourth-order valence-corrected chi connectivity index (χ4v) is 4.01. The molecule has 3 unspecified atom stereocenters. The number of halogens is 1. The van der Waals surface area contributed by atoms with Crippen molar-refractivity contribution in [2.24, 2.45) is 5.92 Å². The summed E-state index contributed by atoms with van der Waals surface area (Å²) in [5.74, 6) is 0.244. The first-order valence-electron chi connectivity index (χ1n) is 8.62. The average molecular weight is 350 g/mol. The van der Waals surface area contributed by atoms with E-state index in [0.717, 1.165) is 18.4 Å². The molecule has 1 heterocycles. The van der Waals surface area contributed by atoms with Crippen molar-refractivity contribution in [2.45, 2.75) is 51.1 Å². The van der Waals surface area contributed by atoms with Gasteiger partial charge in [0.25, 0.3) is 0 Å². The van der Waals surface area contributed by atoms with Gasteiger partial charge in [-0.05, 0) is 49.8 Å². The van der Waals surface area contributed by atoms with Gasteiger partial charge in [-0.1, -0.05) is 30.5 Å². The molecule has 2 fully saturated rings. The number of rotatable bonds is 4. The second-order valence-corrected chi connectivity index (χ2v) is 7.26. The van der Waals surface area contributed by atoms with Gasteiger partial charge in [0.05, 0.1) is 23.3 Å². The number of hydrogen-bond acceptors (Lipinski definition) is 3. The van der Waals surface area contributed by atoms with Crippen molar-refractivity contribution in [1.82, 2.24) is 10.6 Å². The van der Waals surface area contributed by atoms with Crippen LogP contribution in [0.1, 0.15) is 37.7 Å². The van der Waals surface area contributed by atoms with Crippen LogP contribution in [0.4, 0.5) is 5.69 Å². The number of nitrogens with one attached hydrogen (secondary N) is 3. The highest BCUT2D eigenvalue weighted by Crippen LogP contribution is 2.33. The zero-order valence-electron chi connectivity index (χ0n) is 13.9. The van der Waals surface area contributed by atoms with Crippen LogP contribution in [0.2, 0.25) is 5.02 Å². The predicted octanol–water partition coefficient (Wildman–Crippen LogP) is 2.62. The smallest absolute Gasteiger partial charge is 0.243 e. The van der Waals surface area contributed by atoms with Gasteiger partial charge in [0, 0.05) is 6.04 Å². The Hall–Kier alpha value is -1.59. The van der Waals surface area contributed by atoms with Crippen molar-refractivity contribution in [3.63, 3.8) is 0 Å².